The molecule has 0 bridgehead atoms. The minimum atomic E-state index is -4.34. The molecule has 2 nitrogen and oxygen atoms in total. The molecule has 1 atom stereocenters. The van der Waals surface area contributed by atoms with Gasteiger partial charge < -0.3 is 9.84 Å². The predicted molar refractivity (Wildman–Crippen MR) is 35.3 cm³/mol. The van der Waals surface area contributed by atoms with E-state index in [0.717, 1.165) is 0 Å². The lowest BCUT2D eigenvalue weighted by molar-refractivity contribution is -0.152. The molecular weight excluding hydrogens is 173 g/mol. The maximum atomic E-state index is 11.7. The highest BCUT2D eigenvalue weighted by atomic mass is 19.4. The highest BCUT2D eigenvalue weighted by Crippen LogP contribution is 2.26. The lowest BCUT2D eigenvalue weighted by atomic mass is 10.2. The van der Waals surface area contributed by atoms with Crippen LogP contribution in [0.2, 0.25) is 0 Å². The Morgan fingerprint density at radius 2 is 2.25 bits per heavy atom. The first-order valence-corrected chi connectivity index (χ1v) is 3.57. The molecule has 1 unspecified atom stereocenters. The molecule has 1 N–H and O–H groups in total. The Labute approximate surface area is 67.6 Å². The van der Waals surface area contributed by atoms with Crippen LogP contribution >= 0.6 is 0 Å². The van der Waals surface area contributed by atoms with Gasteiger partial charge in [-0.2, -0.15) is 13.2 Å². The first kappa shape index (κ1) is 9.38. The van der Waals surface area contributed by atoms with Crippen molar-refractivity contribution in [2.45, 2.75) is 25.1 Å². The zero-order valence-corrected chi connectivity index (χ0v) is 6.27. The topological polar surface area (TPSA) is 29.5 Å². The summed E-state index contributed by atoms with van der Waals surface area (Å²) < 4.78 is 39.9. The average Bonchev–Trinajstić information content (AvgIpc) is 2.32. The summed E-state index contributed by atoms with van der Waals surface area (Å²) in [6.45, 7) is 0.365. The molecule has 1 heterocycles. The maximum absolute atomic E-state index is 11.7. The largest absolute Gasteiger partial charge is 0.495 e. The van der Waals surface area contributed by atoms with Crippen LogP contribution in [-0.2, 0) is 4.74 Å². The standard InChI is InChI=1S/C7H9F3O2/c8-7(9,10)4-5(11)6-2-1-3-12-6/h2,5,11H,1,3-4H2. The van der Waals surface area contributed by atoms with Gasteiger partial charge in [0, 0.05) is 6.42 Å². The van der Waals surface area contributed by atoms with E-state index < -0.39 is 18.7 Å². The van der Waals surface area contributed by atoms with Crippen molar-refractivity contribution >= 4 is 0 Å². The van der Waals surface area contributed by atoms with E-state index in [-0.39, 0.29) is 5.76 Å². The number of hydrogen-bond acceptors (Lipinski definition) is 2. The third-order valence-electron chi connectivity index (χ3n) is 1.49. The molecule has 70 valence electrons. The lowest BCUT2D eigenvalue weighted by Crippen LogP contribution is -2.21. The fourth-order valence-corrected chi connectivity index (χ4v) is 0.989. The molecule has 0 aromatic rings. The van der Waals surface area contributed by atoms with Gasteiger partial charge in [0.05, 0.1) is 13.0 Å². The minimum Gasteiger partial charge on any atom is -0.495 e. The minimum absolute atomic E-state index is 0.0484. The van der Waals surface area contributed by atoms with E-state index in [1.165, 1.54) is 6.08 Å². The smallest absolute Gasteiger partial charge is 0.392 e. The van der Waals surface area contributed by atoms with Crippen molar-refractivity contribution < 1.29 is 23.0 Å². The Balaban J connectivity index is 2.42. The van der Waals surface area contributed by atoms with Crippen LogP contribution in [0.4, 0.5) is 13.2 Å². The fourth-order valence-electron chi connectivity index (χ4n) is 0.989. The van der Waals surface area contributed by atoms with Gasteiger partial charge in [-0.3, -0.25) is 0 Å². The van der Waals surface area contributed by atoms with Crippen LogP contribution in [0.25, 0.3) is 0 Å². The van der Waals surface area contributed by atoms with Gasteiger partial charge in [0.25, 0.3) is 0 Å². The van der Waals surface area contributed by atoms with Gasteiger partial charge in [-0.05, 0) is 6.08 Å². The summed E-state index contributed by atoms with van der Waals surface area (Å²) in [4.78, 5) is 0. The Morgan fingerprint density at radius 3 is 2.67 bits per heavy atom. The summed E-state index contributed by atoms with van der Waals surface area (Å²) in [6, 6.07) is 0. The Morgan fingerprint density at radius 1 is 1.58 bits per heavy atom. The highest BCUT2D eigenvalue weighted by molar-refractivity contribution is 5.04. The first-order valence-electron chi connectivity index (χ1n) is 3.57. The molecule has 0 fully saturated rings. The molecule has 0 aromatic heterocycles. The van der Waals surface area contributed by atoms with E-state index in [0.29, 0.717) is 13.0 Å². The van der Waals surface area contributed by atoms with Crippen LogP contribution < -0.4 is 0 Å². The van der Waals surface area contributed by atoms with Crippen molar-refractivity contribution in [1.29, 1.82) is 0 Å². The second kappa shape index (κ2) is 3.35. The summed E-state index contributed by atoms with van der Waals surface area (Å²) in [7, 11) is 0. The average molecular weight is 182 g/mol. The molecule has 0 saturated heterocycles. The van der Waals surface area contributed by atoms with Crippen LogP contribution in [0.15, 0.2) is 11.8 Å². The number of alkyl halides is 3. The first-order chi connectivity index (χ1) is 5.49. The second-order valence-corrected chi connectivity index (χ2v) is 2.58. The molecule has 0 saturated carbocycles. The van der Waals surface area contributed by atoms with E-state index >= 15 is 0 Å². The van der Waals surface area contributed by atoms with Crippen molar-refractivity contribution in [2.75, 3.05) is 6.61 Å². The summed E-state index contributed by atoms with van der Waals surface area (Å²) in [5.41, 5.74) is 0. The lowest BCUT2D eigenvalue weighted by Gasteiger charge is -2.13. The van der Waals surface area contributed by atoms with E-state index in [1.807, 2.05) is 0 Å². The van der Waals surface area contributed by atoms with Gasteiger partial charge >= 0.3 is 6.18 Å². The van der Waals surface area contributed by atoms with Gasteiger partial charge in [-0.1, -0.05) is 0 Å². The van der Waals surface area contributed by atoms with Gasteiger partial charge in [-0.25, -0.2) is 0 Å². The van der Waals surface area contributed by atoms with Gasteiger partial charge in [0.15, 0.2) is 0 Å². The zero-order chi connectivity index (χ0) is 9.19. The summed E-state index contributed by atoms with van der Waals surface area (Å²) in [6.07, 6.45) is -5.06. The molecular formula is C7H9F3O2. The number of ether oxygens (including phenoxy) is 1. The summed E-state index contributed by atoms with van der Waals surface area (Å²) in [5.74, 6) is 0.0484. The Kier molecular flexibility index (Phi) is 2.62. The molecule has 12 heavy (non-hydrogen) atoms. The molecule has 5 heteroatoms. The number of aliphatic hydroxyl groups is 1. The number of hydrogen-bond donors (Lipinski definition) is 1. The van der Waals surface area contributed by atoms with E-state index in [2.05, 4.69) is 0 Å². The van der Waals surface area contributed by atoms with Crippen LogP contribution in [0.5, 0.6) is 0 Å². The maximum Gasteiger partial charge on any atom is 0.392 e. The summed E-state index contributed by atoms with van der Waals surface area (Å²) >= 11 is 0. The quantitative estimate of drug-likeness (QED) is 0.702. The van der Waals surface area contributed by atoms with Gasteiger partial charge in [-0.15, -0.1) is 0 Å². The van der Waals surface area contributed by atoms with Crippen molar-refractivity contribution in [1.82, 2.24) is 0 Å². The van der Waals surface area contributed by atoms with E-state index in [9.17, 15) is 13.2 Å². The SMILES string of the molecule is OC(CC(F)(F)F)C1=CCCO1. The third kappa shape index (κ3) is 2.73. The van der Waals surface area contributed by atoms with Crippen LogP contribution in [0.1, 0.15) is 12.8 Å². The van der Waals surface area contributed by atoms with E-state index in [1.54, 1.807) is 0 Å². The van der Waals surface area contributed by atoms with Crippen LogP contribution in [0, 0.1) is 0 Å². The second-order valence-electron chi connectivity index (χ2n) is 2.58. The van der Waals surface area contributed by atoms with Gasteiger partial charge in [0.2, 0.25) is 0 Å². The zero-order valence-electron chi connectivity index (χ0n) is 6.27. The molecule has 0 amide bonds. The molecule has 1 aliphatic rings. The molecule has 1 rings (SSSR count). The number of halogens is 3. The molecule has 0 aromatic carbocycles. The molecule has 1 aliphatic heterocycles. The van der Waals surface area contributed by atoms with Crippen LogP contribution in [0.3, 0.4) is 0 Å². The monoisotopic (exact) mass is 182 g/mol. The molecule has 0 spiro atoms. The van der Waals surface area contributed by atoms with Crippen molar-refractivity contribution in [3.8, 4) is 0 Å². The highest BCUT2D eigenvalue weighted by Gasteiger charge is 2.33. The Bertz CT molecular complexity index is 186. The normalized spacial score (nSPS) is 20.2. The van der Waals surface area contributed by atoms with E-state index in [4.69, 9.17) is 9.84 Å². The molecule has 0 aliphatic carbocycles. The van der Waals surface area contributed by atoms with Crippen molar-refractivity contribution in [2.24, 2.45) is 0 Å². The van der Waals surface area contributed by atoms with Crippen molar-refractivity contribution in [3.05, 3.63) is 11.8 Å². The third-order valence-corrected chi connectivity index (χ3v) is 1.49. The van der Waals surface area contributed by atoms with Crippen molar-refractivity contribution in [3.63, 3.8) is 0 Å². The fraction of sp³-hybridized carbons (Fsp3) is 0.714. The number of aliphatic hydroxyl groups excluding tert-OH is 1. The Hall–Kier alpha value is -0.710. The number of rotatable bonds is 2. The van der Waals surface area contributed by atoms with Crippen LogP contribution in [-0.4, -0.2) is 24.0 Å². The predicted octanol–water partition coefficient (Wildman–Crippen LogP) is 1.60. The van der Waals surface area contributed by atoms with Gasteiger partial charge in [0.1, 0.15) is 11.9 Å². The molecule has 0 radical (unpaired) electrons. The summed E-state index contributed by atoms with van der Waals surface area (Å²) in [5, 5.41) is 8.97.